The zero-order valence-corrected chi connectivity index (χ0v) is 12.8. The molecular formula is C17H21N3O2. The Labute approximate surface area is 130 Å². The summed E-state index contributed by atoms with van der Waals surface area (Å²) in [5.74, 6) is 0.149. The first-order valence-corrected chi connectivity index (χ1v) is 7.67. The number of amides is 1. The zero-order chi connectivity index (χ0) is 15.4. The summed E-state index contributed by atoms with van der Waals surface area (Å²) in [6, 6.07) is 10.4. The molecule has 0 saturated carbocycles. The van der Waals surface area contributed by atoms with Crippen LogP contribution in [0.4, 0.5) is 0 Å². The molecule has 5 nitrogen and oxygen atoms in total. The number of hydrogen-bond donors (Lipinski definition) is 1. The monoisotopic (exact) mass is 299 g/mol. The van der Waals surface area contributed by atoms with Crippen molar-refractivity contribution in [1.29, 1.82) is 0 Å². The lowest BCUT2D eigenvalue weighted by Crippen LogP contribution is -2.32. The summed E-state index contributed by atoms with van der Waals surface area (Å²) in [7, 11) is 1.94. The molecule has 3 rings (SSSR count). The lowest BCUT2D eigenvalue weighted by molar-refractivity contribution is -0.124. The molecule has 22 heavy (non-hydrogen) atoms. The van der Waals surface area contributed by atoms with Crippen LogP contribution in [0.1, 0.15) is 12.0 Å². The van der Waals surface area contributed by atoms with E-state index in [0.717, 1.165) is 24.1 Å². The van der Waals surface area contributed by atoms with Crippen LogP contribution >= 0.6 is 0 Å². The summed E-state index contributed by atoms with van der Waals surface area (Å²) in [5, 5.41) is 7.17. The third-order valence-corrected chi connectivity index (χ3v) is 4.08. The molecule has 0 bridgehead atoms. The van der Waals surface area contributed by atoms with Crippen LogP contribution in [-0.2, 0) is 23.0 Å². The Balaban J connectivity index is 1.51. The molecule has 1 aliphatic heterocycles. The summed E-state index contributed by atoms with van der Waals surface area (Å²) in [4.78, 5) is 11.9. The van der Waals surface area contributed by atoms with Crippen LogP contribution < -0.4 is 5.32 Å². The van der Waals surface area contributed by atoms with Crippen molar-refractivity contribution in [1.82, 2.24) is 15.1 Å². The molecule has 2 heterocycles. The second-order valence-electron chi connectivity index (χ2n) is 5.64. The van der Waals surface area contributed by atoms with Crippen molar-refractivity contribution in [2.24, 2.45) is 13.0 Å². The lowest BCUT2D eigenvalue weighted by Gasteiger charge is -2.09. The van der Waals surface area contributed by atoms with Gasteiger partial charge in [0.1, 0.15) is 0 Å². The minimum Gasteiger partial charge on any atom is -0.381 e. The molecule has 1 aromatic carbocycles. The third kappa shape index (κ3) is 3.36. The van der Waals surface area contributed by atoms with Crippen LogP contribution in [0, 0.1) is 5.92 Å². The van der Waals surface area contributed by atoms with Crippen molar-refractivity contribution in [3.8, 4) is 11.3 Å². The molecule has 1 N–H and O–H groups in total. The maximum absolute atomic E-state index is 11.9. The van der Waals surface area contributed by atoms with E-state index < -0.39 is 0 Å². The van der Waals surface area contributed by atoms with E-state index in [1.54, 1.807) is 6.20 Å². The summed E-state index contributed by atoms with van der Waals surface area (Å²) in [5.41, 5.74) is 3.46. The molecule has 0 aliphatic carbocycles. The van der Waals surface area contributed by atoms with Gasteiger partial charge in [-0.05, 0) is 30.0 Å². The number of nitrogens with zero attached hydrogens (tertiary/aromatic N) is 2. The van der Waals surface area contributed by atoms with Gasteiger partial charge in [-0.3, -0.25) is 9.48 Å². The number of aromatic nitrogens is 2. The van der Waals surface area contributed by atoms with E-state index in [4.69, 9.17) is 4.74 Å². The van der Waals surface area contributed by atoms with E-state index in [0.29, 0.717) is 19.8 Å². The molecule has 5 heteroatoms. The highest BCUT2D eigenvalue weighted by Gasteiger charge is 2.22. The van der Waals surface area contributed by atoms with Gasteiger partial charge in [-0.25, -0.2) is 0 Å². The standard InChI is InChI=1S/C17H21N3O2/c1-20-16(7-10-19-20)14-4-2-13(3-5-14)6-9-18-17(21)15-8-11-22-12-15/h2-5,7,10,15H,6,8-9,11-12H2,1H3,(H,18,21). The molecule has 1 saturated heterocycles. The van der Waals surface area contributed by atoms with E-state index >= 15 is 0 Å². The van der Waals surface area contributed by atoms with Crippen LogP contribution in [0.5, 0.6) is 0 Å². The molecule has 1 unspecified atom stereocenters. The predicted octanol–water partition coefficient (Wildman–Crippen LogP) is 1.78. The summed E-state index contributed by atoms with van der Waals surface area (Å²) < 4.78 is 7.09. The smallest absolute Gasteiger partial charge is 0.225 e. The molecule has 116 valence electrons. The van der Waals surface area contributed by atoms with Crippen LogP contribution in [0.3, 0.4) is 0 Å². The number of aryl methyl sites for hydroxylation is 1. The van der Waals surface area contributed by atoms with Crippen molar-refractivity contribution in [2.75, 3.05) is 19.8 Å². The summed E-state index contributed by atoms with van der Waals surface area (Å²) in [6.07, 6.45) is 3.47. The lowest BCUT2D eigenvalue weighted by atomic mass is 10.1. The zero-order valence-electron chi connectivity index (χ0n) is 12.8. The molecule has 1 fully saturated rings. The highest BCUT2D eigenvalue weighted by atomic mass is 16.5. The molecule has 1 aliphatic rings. The summed E-state index contributed by atoms with van der Waals surface area (Å²) >= 11 is 0. The number of carbonyl (C=O) groups excluding carboxylic acids is 1. The second kappa shape index (κ2) is 6.75. The SMILES string of the molecule is Cn1nccc1-c1ccc(CCNC(=O)C2CCOC2)cc1. The minimum absolute atomic E-state index is 0.0345. The van der Waals surface area contributed by atoms with E-state index in [1.807, 2.05) is 17.8 Å². The van der Waals surface area contributed by atoms with Crippen LogP contribution in [0.2, 0.25) is 0 Å². The fourth-order valence-corrected chi connectivity index (χ4v) is 2.71. The normalized spacial score (nSPS) is 17.6. The Morgan fingerprint density at radius 3 is 2.82 bits per heavy atom. The molecular weight excluding hydrogens is 278 g/mol. The Morgan fingerprint density at radius 1 is 1.36 bits per heavy atom. The Hall–Kier alpha value is -2.14. The number of hydrogen-bond acceptors (Lipinski definition) is 3. The fourth-order valence-electron chi connectivity index (χ4n) is 2.71. The van der Waals surface area contributed by atoms with E-state index in [2.05, 4.69) is 34.7 Å². The largest absolute Gasteiger partial charge is 0.381 e. The number of ether oxygens (including phenoxy) is 1. The Bertz CT molecular complexity index is 628. The van der Waals surface area contributed by atoms with Gasteiger partial charge in [0.25, 0.3) is 0 Å². The summed E-state index contributed by atoms with van der Waals surface area (Å²) in [6.45, 7) is 1.93. The van der Waals surface area contributed by atoms with E-state index in [9.17, 15) is 4.79 Å². The number of carbonyl (C=O) groups is 1. The van der Waals surface area contributed by atoms with E-state index in [-0.39, 0.29) is 11.8 Å². The highest BCUT2D eigenvalue weighted by Crippen LogP contribution is 2.18. The van der Waals surface area contributed by atoms with Crippen molar-refractivity contribution >= 4 is 5.91 Å². The predicted molar refractivity (Wildman–Crippen MR) is 84.3 cm³/mol. The molecule has 2 aromatic rings. The van der Waals surface area contributed by atoms with Crippen molar-refractivity contribution < 1.29 is 9.53 Å². The number of nitrogens with one attached hydrogen (secondary N) is 1. The van der Waals surface area contributed by atoms with Crippen molar-refractivity contribution in [2.45, 2.75) is 12.8 Å². The topological polar surface area (TPSA) is 56.2 Å². The average Bonchev–Trinajstić information content (AvgIpc) is 3.19. The van der Waals surface area contributed by atoms with E-state index in [1.165, 1.54) is 5.56 Å². The molecule has 0 radical (unpaired) electrons. The molecule has 1 amide bonds. The van der Waals surface area contributed by atoms with Gasteiger partial charge in [-0.15, -0.1) is 0 Å². The van der Waals surface area contributed by atoms with Gasteiger partial charge in [-0.1, -0.05) is 24.3 Å². The second-order valence-corrected chi connectivity index (χ2v) is 5.64. The van der Waals surface area contributed by atoms with Crippen molar-refractivity contribution in [3.63, 3.8) is 0 Å². The maximum Gasteiger partial charge on any atom is 0.225 e. The number of rotatable bonds is 5. The molecule has 0 spiro atoms. The van der Waals surface area contributed by atoms with Gasteiger partial charge in [0.2, 0.25) is 5.91 Å². The van der Waals surface area contributed by atoms with Gasteiger partial charge in [0.05, 0.1) is 18.2 Å². The highest BCUT2D eigenvalue weighted by molar-refractivity contribution is 5.79. The van der Waals surface area contributed by atoms with Crippen LogP contribution in [0.15, 0.2) is 36.5 Å². The number of benzene rings is 1. The van der Waals surface area contributed by atoms with Gasteiger partial charge < -0.3 is 10.1 Å². The Kier molecular flexibility index (Phi) is 4.53. The quantitative estimate of drug-likeness (QED) is 0.915. The van der Waals surface area contributed by atoms with Gasteiger partial charge in [0.15, 0.2) is 0 Å². The van der Waals surface area contributed by atoms with Crippen LogP contribution in [0.25, 0.3) is 11.3 Å². The van der Waals surface area contributed by atoms with Crippen molar-refractivity contribution in [3.05, 3.63) is 42.1 Å². The first-order chi connectivity index (χ1) is 10.7. The Morgan fingerprint density at radius 2 is 2.18 bits per heavy atom. The van der Waals surface area contributed by atoms with Gasteiger partial charge >= 0.3 is 0 Å². The minimum atomic E-state index is 0.0345. The molecule has 1 aromatic heterocycles. The fraction of sp³-hybridized carbons (Fsp3) is 0.412. The first-order valence-electron chi connectivity index (χ1n) is 7.67. The third-order valence-electron chi connectivity index (χ3n) is 4.08. The van der Waals surface area contributed by atoms with Gasteiger partial charge in [-0.2, -0.15) is 5.10 Å². The first kappa shape index (κ1) is 14.8. The van der Waals surface area contributed by atoms with Crippen LogP contribution in [-0.4, -0.2) is 35.4 Å². The average molecular weight is 299 g/mol. The maximum atomic E-state index is 11.9. The van der Waals surface area contributed by atoms with Gasteiger partial charge in [0, 0.05) is 26.4 Å². The molecule has 1 atom stereocenters.